The molecule has 0 aromatic heterocycles. The highest BCUT2D eigenvalue weighted by Gasteiger charge is 2.25. The van der Waals surface area contributed by atoms with Crippen molar-refractivity contribution < 1.29 is 4.39 Å². The quantitative estimate of drug-likeness (QED) is 0.834. The molecule has 0 saturated carbocycles. The van der Waals surface area contributed by atoms with Gasteiger partial charge in [0, 0.05) is 0 Å². The van der Waals surface area contributed by atoms with Crippen LogP contribution in [0.15, 0.2) is 18.2 Å². The van der Waals surface area contributed by atoms with Crippen molar-refractivity contribution in [2.45, 2.75) is 12.3 Å². The molecule has 1 aliphatic rings. The molecule has 3 N–H and O–H groups in total. The van der Waals surface area contributed by atoms with E-state index >= 15 is 0 Å². The van der Waals surface area contributed by atoms with Gasteiger partial charge in [-0.25, -0.2) is 4.39 Å². The molecule has 0 spiro atoms. The van der Waals surface area contributed by atoms with Gasteiger partial charge < -0.3 is 11.1 Å². The molecule has 1 aromatic rings. The highest BCUT2D eigenvalue weighted by atomic mass is 35.5. The van der Waals surface area contributed by atoms with Gasteiger partial charge >= 0.3 is 0 Å². The van der Waals surface area contributed by atoms with Crippen LogP contribution in [0.5, 0.6) is 0 Å². The lowest BCUT2D eigenvalue weighted by Gasteiger charge is -2.31. The number of nitrogens with two attached hydrogens (primary N) is 1. The average Bonchev–Trinajstić information content (AvgIpc) is 2.32. The minimum Gasteiger partial charge on any atom is -0.330 e. The van der Waals surface area contributed by atoms with E-state index in [-0.39, 0.29) is 10.8 Å². The summed E-state index contributed by atoms with van der Waals surface area (Å²) in [5, 5.41) is 3.49. The van der Waals surface area contributed by atoms with Crippen molar-refractivity contribution in [3.8, 4) is 0 Å². The van der Waals surface area contributed by atoms with Crippen LogP contribution in [0.2, 0.25) is 5.02 Å². The number of rotatable bonds is 2. The molecule has 2 atom stereocenters. The molecular formula is C12H16ClFN2. The summed E-state index contributed by atoms with van der Waals surface area (Å²) in [5.41, 5.74) is 6.75. The lowest BCUT2D eigenvalue weighted by atomic mass is 9.81. The molecule has 1 saturated heterocycles. The summed E-state index contributed by atoms with van der Waals surface area (Å²) in [6, 6.07) is 5.08. The molecule has 2 unspecified atom stereocenters. The zero-order chi connectivity index (χ0) is 11.5. The minimum absolute atomic E-state index is 0.182. The molecule has 1 aliphatic heterocycles. The Morgan fingerprint density at radius 2 is 2.31 bits per heavy atom. The van der Waals surface area contributed by atoms with E-state index in [1.54, 1.807) is 12.1 Å². The number of halogens is 2. The van der Waals surface area contributed by atoms with Crippen molar-refractivity contribution in [3.63, 3.8) is 0 Å². The molecular weight excluding hydrogens is 227 g/mol. The standard InChI is InChI=1S/C12H16ClFN2/c13-11-2-1-8(5-12(11)14)10-3-4-16-7-9(10)6-15/h1-2,5,9-10,16H,3-4,6-7,15H2. The van der Waals surface area contributed by atoms with Gasteiger partial charge in [-0.2, -0.15) is 0 Å². The van der Waals surface area contributed by atoms with Crippen LogP contribution in [0.4, 0.5) is 4.39 Å². The Morgan fingerprint density at radius 3 is 3.00 bits per heavy atom. The van der Waals surface area contributed by atoms with Crippen LogP contribution in [-0.2, 0) is 0 Å². The van der Waals surface area contributed by atoms with Gasteiger partial charge in [-0.3, -0.25) is 0 Å². The largest absolute Gasteiger partial charge is 0.330 e. The average molecular weight is 243 g/mol. The summed E-state index contributed by atoms with van der Waals surface area (Å²) in [6.07, 6.45) is 1.00. The van der Waals surface area contributed by atoms with Gasteiger partial charge in [-0.15, -0.1) is 0 Å². The van der Waals surface area contributed by atoms with E-state index in [0.717, 1.165) is 25.1 Å². The van der Waals surface area contributed by atoms with Crippen LogP contribution >= 0.6 is 11.6 Å². The Morgan fingerprint density at radius 1 is 1.50 bits per heavy atom. The van der Waals surface area contributed by atoms with Crippen LogP contribution in [0.25, 0.3) is 0 Å². The van der Waals surface area contributed by atoms with Crippen LogP contribution in [-0.4, -0.2) is 19.6 Å². The number of hydrogen-bond acceptors (Lipinski definition) is 2. The van der Waals surface area contributed by atoms with Crippen LogP contribution in [0.3, 0.4) is 0 Å². The molecule has 2 nitrogen and oxygen atoms in total. The van der Waals surface area contributed by atoms with Crippen molar-refractivity contribution in [3.05, 3.63) is 34.6 Å². The third-order valence-electron chi connectivity index (χ3n) is 3.28. The second-order valence-corrected chi connectivity index (χ2v) is 4.68. The van der Waals surface area contributed by atoms with Crippen LogP contribution < -0.4 is 11.1 Å². The lowest BCUT2D eigenvalue weighted by molar-refractivity contribution is 0.332. The summed E-state index contributed by atoms with van der Waals surface area (Å²) in [7, 11) is 0. The minimum atomic E-state index is -0.339. The van der Waals surface area contributed by atoms with E-state index in [2.05, 4.69) is 5.32 Å². The van der Waals surface area contributed by atoms with Crippen LogP contribution in [0, 0.1) is 11.7 Å². The summed E-state index contributed by atoms with van der Waals surface area (Å²) >= 11 is 5.68. The van der Waals surface area contributed by atoms with Gasteiger partial charge in [0.1, 0.15) is 5.82 Å². The van der Waals surface area contributed by atoms with E-state index in [4.69, 9.17) is 17.3 Å². The Hall–Kier alpha value is -0.640. The molecule has 0 amide bonds. The first-order valence-corrected chi connectivity index (χ1v) is 5.96. The fraction of sp³-hybridized carbons (Fsp3) is 0.500. The van der Waals surface area contributed by atoms with Gasteiger partial charge in [0.2, 0.25) is 0 Å². The Balaban J connectivity index is 2.23. The topological polar surface area (TPSA) is 38.0 Å². The second kappa shape index (κ2) is 5.13. The third-order valence-corrected chi connectivity index (χ3v) is 3.59. The first-order chi connectivity index (χ1) is 7.72. The van der Waals surface area contributed by atoms with Crippen LogP contribution in [0.1, 0.15) is 17.9 Å². The Labute approximate surface area is 100.0 Å². The normalized spacial score (nSPS) is 25.7. The smallest absolute Gasteiger partial charge is 0.142 e. The summed E-state index contributed by atoms with van der Waals surface area (Å²) in [4.78, 5) is 0. The molecule has 1 aromatic carbocycles. The first kappa shape index (κ1) is 11.8. The molecule has 0 bridgehead atoms. The molecule has 1 heterocycles. The van der Waals surface area contributed by atoms with Gasteiger partial charge in [0.05, 0.1) is 5.02 Å². The molecule has 16 heavy (non-hydrogen) atoms. The second-order valence-electron chi connectivity index (χ2n) is 4.27. The van der Waals surface area contributed by atoms with E-state index in [9.17, 15) is 4.39 Å². The summed E-state index contributed by atoms with van der Waals surface area (Å²) in [6.45, 7) is 2.50. The predicted molar refractivity (Wildman–Crippen MR) is 64.2 cm³/mol. The van der Waals surface area contributed by atoms with E-state index in [1.165, 1.54) is 0 Å². The first-order valence-electron chi connectivity index (χ1n) is 5.58. The highest BCUT2D eigenvalue weighted by molar-refractivity contribution is 6.30. The fourth-order valence-electron chi connectivity index (χ4n) is 2.35. The van der Waals surface area contributed by atoms with Gasteiger partial charge in [-0.1, -0.05) is 17.7 Å². The SMILES string of the molecule is NCC1CNCCC1c1ccc(Cl)c(F)c1. The van der Waals surface area contributed by atoms with Crippen molar-refractivity contribution in [1.29, 1.82) is 0 Å². The molecule has 88 valence electrons. The number of hydrogen-bond donors (Lipinski definition) is 2. The van der Waals surface area contributed by atoms with Crippen molar-refractivity contribution in [2.24, 2.45) is 11.7 Å². The van der Waals surface area contributed by atoms with E-state index < -0.39 is 0 Å². The van der Waals surface area contributed by atoms with E-state index in [0.29, 0.717) is 18.4 Å². The molecule has 0 aliphatic carbocycles. The fourth-order valence-corrected chi connectivity index (χ4v) is 2.47. The third kappa shape index (κ3) is 2.37. The molecule has 0 radical (unpaired) electrons. The monoisotopic (exact) mass is 242 g/mol. The Kier molecular flexibility index (Phi) is 3.79. The number of nitrogens with one attached hydrogen (secondary N) is 1. The predicted octanol–water partition coefficient (Wildman–Crippen LogP) is 2.13. The Bertz CT molecular complexity index is 370. The summed E-state index contributed by atoms with van der Waals surface area (Å²) < 4.78 is 13.4. The van der Waals surface area contributed by atoms with Gasteiger partial charge in [0.25, 0.3) is 0 Å². The van der Waals surface area contributed by atoms with E-state index in [1.807, 2.05) is 6.07 Å². The zero-order valence-corrected chi connectivity index (χ0v) is 9.80. The maximum Gasteiger partial charge on any atom is 0.142 e. The maximum absolute atomic E-state index is 13.4. The molecule has 1 fully saturated rings. The lowest BCUT2D eigenvalue weighted by Crippen LogP contribution is -2.39. The van der Waals surface area contributed by atoms with Gasteiger partial charge in [-0.05, 0) is 55.6 Å². The number of benzene rings is 1. The van der Waals surface area contributed by atoms with Crippen molar-refractivity contribution in [2.75, 3.05) is 19.6 Å². The van der Waals surface area contributed by atoms with Crippen molar-refractivity contribution in [1.82, 2.24) is 5.32 Å². The highest BCUT2D eigenvalue weighted by Crippen LogP contribution is 2.31. The van der Waals surface area contributed by atoms with Gasteiger partial charge in [0.15, 0.2) is 0 Å². The maximum atomic E-state index is 13.4. The summed E-state index contributed by atoms with van der Waals surface area (Å²) in [5.74, 6) is 0.390. The zero-order valence-electron chi connectivity index (χ0n) is 9.05. The molecule has 2 rings (SSSR count). The van der Waals surface area contributed by atoms with Crippen molar-refractivity contribution >= 4 is 11.6 Å². The molecule has 4 heteroatoms. The number of piperidine rings is 1.